The van der Waals surface area contributed by atoms with E-state index in [0.717, 1.165) is 17.5 Å². The van der Waals surface area contributed by atoms with Gasteiger partial charge in [-0.3, -0.25) is 0 Å². The maximum absolute atomic E-state index is 9.15. The lowest BCUT2D eigenvalue weighted by Crippen LogP contribution is -2.09. The van der Waals surface area contributed by atoms with E-state index in [-0.39, 0.29) is 6.04 Å². The fraction of sp³-hybridized carbons (Fsp3) is 0.400. The van der Waals surface area contributed by atoms with Crippen LogP contribution >= 0.6 is 0 Å². The van der Waals surface area contributed by atoms with Crippen LogP contribution in [0.3, 0.4) is 0 Å². The number of hydrogen-bond acceptors (Lipinski definition) is 2. The van der Waals surface area contributed by atoms with E-state index in [1.54, 1.807) is 12.1 Å². The van der Waals surface area contributed by atoms with Crippen LogP contribution in [0.4, 0.5) is 0 Å². The van der Waals surface area contributed by atoms with E-state index in [0.29, 0.717) is 5.75 Å². The van der Waals surface area contributed by atoms with E-state index >= 15 is 0 Å². The zero-order valence-electron chi connectivity index (χ0n) is 7.54. The third-order valence-electron chi connectivity index (χ3n) is 2.09. The Morgan fingerprint density at radius 2 is 2.17 bits per heavy atom. The van der Waals surface area contributed by atoms with Crippen molar-refractivity contribution in [2.75, 3.05) is 0 Å². The molecule has 0 amide bonds. The van der Waals surface area contributed by atoms with Crippen LogP contribution < -0.4 is 5.73 Å². The Hall–Kier alpha value is -1.02. The van der Waals surface area contributed by atoms with E-state index in [1.165, 1.54) is 0 Å². The average Bonchev–Trinajstić information content (AvgIpc) is 2.03. The summed E-state index contributed by atoms with van der Waals surface area (Å²) in [6, 6.07) is 5.40. The van der Waals surface area contributed by atoms with Crippen molar-refractivity contribution < 1.29 is 5.11 Å². The Morgan fingerprint density at radius 3 is 2.67 bits per heavy atom. The summed E-state index contributed by atoms with van der Waals surface area (Å²) in [4.78, 5) is 0. The number of aromatic hydroxyl groups is 1. The molecule has 0 aliphatic carbocycles. The summed E-state index contributed by atoms with van der Waals surface area (Å²) >= 11 is 0. The summed E-state index contributed by atoms with van der Waals surface area (Å²) < 4.78 is 0. The van der Waals surface area contributed by atoms with Gasteiger partial charge in [0.1, 0.15) is 5.75 Å². The minimum atomic E-state index is 0.0885. The van der Waals surface area contributed by atoms with Gasteiger partial charge in [-0.1, -0.05) is 13.0 Å². The van der Waals surface area contributed by atoms with E-state index in [9.17, 15) is 0 Å². The standard InChI is InChI=1S/C10H15NO/c1-3-10(11)9-5-4-8(12)6-7(9)2/h4-6,10,12H,3,11H2,1-2H3/t10-/m0/s1. The van der Waals surface area contributed by atoms with Crippen molar-refractivity contribution in [3.63, 3.8) is 0 Å². The Morgan fingerprint density at radius 1 is 1.50 bits per heavy atom. The number of aryl methyl sites for hydroxylation is 1. The molecule has 0 aliphatic heterocycles. The van der Waals surface area contributed by atoms with Gasteiger partial charge in [0.15, 0.2) is 0 Å². The molecule has 0 saturated heterocycles. The molecule has 12 heavy (non-hydrogen) atoms. The first-order valence-electron chi connectivity index (χ1n) is 4.20. The van der Waals surface area contributed by atoms with Gasteiger partial charge in [0.05, 0.1) is 0 Å². The molecule has 0 aliphatic rings. The van der Waals surface area contributed by atoms with E-state index in [4.69, 9.17) is 10.8 Å². The van der Waals surface area contributed by atoms with Crippen LogP contribution in [0.25, 0.3) is 0 Å². The molecule has 0 unspecified atom stereocenters. The molecule has 0 fully saturated rings. The van der Waals surface area contributed by atoms with Gasteiger partial charge in [-0.25, -0.2) is 0 Å². The van der Waals surface area contributed by atoms with E-state index in [2.05, 4.69) is 6.92 Å². The average molecular weight is 165 g/mol. The summed E-state index contributed by atoms with van der Waals surface area (Å²) in [7, 11) is 0. The highest BCUT2D eigenvalue weighted by molar-refractivity contribution is 5.35. The normalized spacial score (nSPS) is 12.9. The molecule has 1 rings (SSSR count). The molecule has 2 nitrogen and oxygen atoms in total. The molecule has 0 bridgehead atoms. The Labute approximate surface area is 73.0 Å². The number of hydrogen-bond donors (Lipinski definition) is 2. The summed E-state index contributed by atoms with van der Waals surface area (Å²) in [6.45, 7) is 4.02. The molecule has 66 valence electrons. The summed E-state index contributed by atoms with van der Waals surface area (Å²) in [5.74, 6) is 0.305. The first-order chi connectivity index (χ1) is 5.65. The molecular weight excluding hydrogens is 150 g/mol. The molecule has 0 spiro atoms. The highest BCUT2D eigenvalue weighted by Crippen LogP contribution is 2.21. The molecular formula is C10H15NO. The molecule has 1 aromatic rings. The lowest BCUT2D eigenvalue weighted by Gasteiger charge is -2.12. The molecule has 3 N–H and O–H groups in total. The van der Waals surface area contributed by atoms with Crippen molar-refractivity contribution in [1.29, 1.82) is 0 Å². The van der Waals surface area contributed by atoms with Gasteiger partial charge in [0, 0.05) is 6.04 Å². The van der Waals surface area contributed by atoms with E-state index < -0.39 is 0 Å². The molecule has 0 heterocycles. The van der Waals surface area contributed by atoms with Gasteiger partial charge in [-0.15, -0.1) is 0 Å². The first-order valence-corrected chi connectivity index (χ1v) is 4.20. The van der Waals surface area contributed by atoms with Gasteiger partial charge in [-0.2, -0.15) is 0 Å². The predicted molar refractivity (Wildman–Crippen MR) is 50.1 cm³/mol. The summed E-state index contributed by atoms with van der Waals surface area (Å²) in [6.07, 6.45) is 0.922. The van der Waals surface area contributed by atoms with Crippen molar-refractivity contribution in [2.24, 2.45) is 5.73 Å². The fourth-order valence-corrected chi connectivity index (χ4v) is 1.30. The molecule has 1 aromatic carbocycles. The predicted octanol–water partition coefficient (Wildman–Crippen LogP) is 2.11. The Kier molecular flexibility index (Phi) is 2.71. The number of rotatable bonds is 2. The molecule has 2 heteroatoms. The lowest BCUT2D eigenvalue weighted by atomic mass is 10.00. The largest absolute Gasteiger partial charge is 0.508 e. The van der Waals surface area contributed by atoms with Crippen molar-refractivity contribution in [1.82, 2.24) is 0 Å². The maximum Gasteiger partial charge on any atom is 0.115 e. The SMILES string of the molecule is CC[C@H](N)c1ccc(O)cc1C. The van der Waals surface area contributed by atoms with Gasteiger partial charge in [-0.05, 0) is 36.6 Å². The quantitative estimate of drug-likeness (QED) is 0.705. The third-order valence-corrected chi connectivity index (χ3v) is 2.09. The fourth-order valence-electron chi connectivity index (χ4n) is 1.30. The highest BCUT2D eigenvalue weighted by Gasteiger charge is 2.06. The number of phenols is 1. The monoisotopic (exact) mass is 165 g/mol. The molecule has 0 saturated carbocycles. The Bertz CT molecular complexity index is 271. The number of phenolic OH excluding ortho intramolecular Hbond substituents is 1. The second-order valence-corrected chi connectivity index (χ2v) is 3.06. The maximum atomic E-state index is 9.15. The van der Waals surface area contributed by atoms with Crippen molar-refractivity contribution in [2.45, 2.75) is 26.3 Å². The van der Waals surface area contributed by atoms with Crippen LogP contribution in [-0.4, -0.2) is 5.11 Å². The number of nitrogens with two attached hydrogens (primary N) is 1. The summed E-state index contributed by atoms with van der Waals surface area (Å²) in [5.41, 5.74) is 8.04. The minimum Gasteiger partial charge on any atom is -0.508 e. The van der Waals surface area contributed by atoms with Crippen LogP contribution in [0.15, 0.2) is 18.2 Å². The van der Waals surface area contributed by atoms with Gasteiger partial charge in [0.25, 0.3) is 0 Å². The van der Waals surface area contributed by atoms with Crippen LogP contribution in [0.5, 0.6) is 5.75 Å². The second kappa shape index (κ2) is 3.59. The molecule has 1 atom stereocenters. The van der Waals surface area contributed by atoms with Gasteiger partial charge in [0.2, 0.25) is 0 Å². The zero-order chi connectivity index (χ0) is 9.14. The zero-order valence-corrected chi connectivity index (χ0v) is 7.54. The second-order valence-electron chi connectivity index (χ2n) is 3.06. The lowest BCUT2D eigenvalue weighted by molar-refractivity contribution is 0.474. The van der Waals surface area contributed by atoms with Crippen molar-refractivity contribution in [3.05, 3.63) is 29.3 Å². The number of benzene rings is 1. The van der Waals surface area contributed by atoms with Gasteiger partial charge >= 0.3 is 0 Å². The van der Waals surface area contributed by atoms with Crippen LogP contribution in [-0.2, 0) is 0 Å². The third kappa shape index (κ3) is 1.77. The highest BCUT2D eigenvalue weighted by atomic mass is 16.3. The van der Waals surface area contributed by atoms with Crippen LogP contribution in [0, 0.1) is 6.92 Å². The minimum absolute atomic E-state index is 0.0885. The van der Waals surface area contributed by atoms with E-state index in [1.807, 2.05) is 13.0 Å². The topological polar surface area (TPSA) is 46.2 Å². The van der Waals surface area contributed by atoms with Gasteiger partial charge < -0.3 is 10.8 Å². The molecule has 0 radical (unpaired) electrons. The summed E-state index contributed by atoms with van der Waals surface area (Å²) in [5, 5.41) is 9.15. The van der Waals surface area contributed by atoms with Crippen LogP contribution in [0.1, 0.15) is 30.5 Å². The first kappa shape index (κ1) is 9.07. The molecule has 0 aromatic heterocycles. The van der Waals surface area contributed by atoms with Crippen LogP contribution in [0.2, 0.25) is 0 Å². The smallest absolute Gasteiger partial charge is 0.115 e. The van der Waals surface area contributed by atoms with Crippen molar-refractivity contribution >= 4 is 0 Å². The Balaban J connectivity index is 3.01. The van der Waals surface area contributed by atoms with Crippen molar-refractivity contribution in [3.8, 4) is 5.75 Å².